The van der Waals surface area contributed by atoms with Gasteiger partial charge in [0.2, 0.25) is 0 Å². The molecule has 0 spiro atoms. The SMILES string of the molecule is O=C(NCCO)Nc1ccc(OCC2CCCO2)cc1. The van der Waals surface area contributed by atoms with Gasteiger partial charge in [0, 0.05) is 18.8 Å². The summed E-state index contributed by atoms with van der Waals surface area (Å²) in [6.07, 6.45) is 2.34. The zero-order valence-corrected chi connectivity index (χ0v) is 11.3. The number of ether oxygens (including phenoxy) is 2. The number of benzene rings is 1. The molecule has 1 saturated heterocycles. The normalized spacial score (nSPS) is 17.8. The zero-order chi connectivity index (χ0) is 14.2. The Bertz CT molecular complexity index is 416. The van der Waals surface area contributed by atoms with Gasteiger partial charge in [-0.1, -0.05) is 0 Å². The number of aliphatic hydroxyl groups excluding tert-OH is 1. The molecule has 0 bridgehead atoms. The average molecular weight is 280 g/mol. The molecule has 6 nitrogen and oxygen atoms in total. The maximum Gasteiger partial charge on any atom is 0.319 e. The molecule has 1 aromatic rings. The molecule has 20 heavy (non-hydrogen) atoms. The second kappa shape index (κ2) is 7.72. The van der Waals surface area contributed by atoms with Crippen LogP contribution in [0.1, 0.15) is 12.8 Å². The van der Waals surface area contributed by atoms with Crippen molar-refractivity contribution in [2.24, 2.45) is 0 Å². The van der Waals surface area contributed by atoms with Crippen LogP contribution in [0.3, 0.4) is 0 Å². The van der Waals surface area contributed by atoms with Crippen LogP contribution in [0.25, 0.3) is 0 Å². The lowest BCUT2D eigenvalue weighted by Crippen LogP contribution is -2.30. The second-order valence-corrected chi connectivity index (χ2v) is 4.57. The second-order valence-electron chi connectivity index (χ2n) is 4.57. The quantitative estimate of drug-likeness (QED) is 0.735. The fraction of sp³-hybridized carbons (Fsp3) is 0.500. The minimum absolute atomic E-state index is 0.0799. The third-order valence-corrected chi connectivity index (χ3v) is 2.97. The molecule has 1 aliphatic rings. The highest BCUT2D eigenvalue weighted by molar-refractivity contribution is 5.89. The minimum Gasteiger partial charge on any atom is -0.491 e. The minimum atomic E-state index is -0.341. The molecule has 2 amide bonds. The van der Waals surface area contributed by atoms with Crippen LogP contribution in [0.4, 0.5) is 10.5 Å². The number of urea groups is 1. The number of anilines is 1. The van der Waals surface area contributed by atoms with Gasteiger partial charge < -0.3 is 25.2 Å². The number of carbonyl (C=O) groups is 1. The van der Waals surface area contributed by atoms with Gasteiger partial charge in [0.15, 0.2) is 0 Å². The molecule has 1 heterocycles. The van der Waals surface area contributed by atoms with Gasteiger partial charge in [-0.05, 0) is 37.1 Å². The molecule has 3 N–H and O–H groups in total. The first kappa shape index (κ1) is 14.6. The van der Waals surface area contributed by atoms with E-state index in [1.54, 1.807) is 24.3 Å². The van der Waals surface area contributed by atoms with Crippen LogP contribution in [0.2, 0.25) is 0 Å². The molecular formula is C14H20N2O4. The summed E-state index contributed by atoms with van der Waals surface area (Å²) < 4.78 is 11.1. The van der Waals surface area contributed by atoms with Gasteiger partial charge in [-0.2, -0.15) is 0 Å². The molecule has 1 atom stereocenters. The van der Waals surface area contributed by atoms with Crippen LogP contribution in [0.15, 0.2) is 24.3 Å². The molecule has 0 radical (unpaired) electrons. The van der Waals surface area contributed by atoms with E-state index < -0.39 is 0 Å². The van der Waals surface area contributed by atoms with Crippen molar-refractivity contribution in [3.8, 4) is 5.75 Å². The maximum absolute atomic E-state index is 11.4. The first-order valence-corrected chi connectivity index (χ1v) is 6.78. The zero-order valence-electron chi connectivity index (χ0n) is 11.3. The first-order chi connectivity index (χ1) is 9.78. The van der Waals surface area contributed by atoms with Gasteiger partial charge in [-0.15, -0.1) is 0 Å². The monoisotopic (exact) mass is 280 g/mol. The Hall–Kier alpha value is -1.79. The summed E-state index contributed by atoms with van der Waals surface area (Å²) >= 11 is 0. The molecule has 1 aromatic carbocycles. The Kier molecular flexibility index (Phi) is 5.64. The average Bonchev–Trinajstić information content (AvgIpc) is 2.98. The molecule has 110 valence electrons. The lowest BCUT2D eigenvalue weighted by Gasteiger charge is -2.12. The first-order valence-electron chi connectivity index (χ1n) is 6.78. The molecule has 0 aliphatic carbocycles. The smallest absolute Gasteiger partial charge is 0.319 e. The van der Waals surface area contributed by atoms with Crippen molar-refractivity contribution in [1.29, 1.82) is 0 Å². The maximum atomic E-state index is 11.4. The fourth-order valence-corrected chi connectivity index (χ4v) is 1.94. The van der Waals surface area contributed by atoms with E-state index in [0.717, 1.165) is 25.2 Å². The lowest BCUT2D eigenvalue weighted by atomic mass is 10.2. The molecule has 1 aliphatic heterocycles. The van der Waals surface area contributed by atoms with Crippen LogP contribution in [-0.4, -0.2) is 43.6 Å². The summed E-state index contributed by atoms with van der Waals surface area (Å²) in [4.78, 5) is 11.4. The number of rotatable bonds is 6. The summed E-state index contributed by atoms with van der Waals surface area (Å²) in [7, 11) is 0. The highest BCUT2D eigenvalue weighted by atomic mass is 16.5. The van der Waals surface area contributed by atoms with E-state index in [4.69, 9.17) is 14.6 Å². The fourth-order valence-electron chi connectivity index (χ4n) is 1.94. The molecule has 1 fully saturated rings. The number of hydrogen-bond donors (Lipinski definition) is 3. The van der Waals surface area contributed by atoms with Gasteiger partial charge in [0.1, 0.15) is 12.4 Å². The van der Waals surface area contributed by atoms with Crippen molar-refractivity contribution in [1.82, 2.24) is 5.32 Å². The standard InChI is InChI=1S/C14H20N2O4/c17-8-7-15-14(18)16-11-3-5-12(6-4-11)20-10-13-2-1-9-19-13/h3-6,13,17H,1-2,7-10H2,(H2,15,16,18). The number of nitrogens with one attached hydrogen (secondary N) is 2. The van der Waals surface area contributed by atoms with Crippen LogP contribution in [-0.2, 0) is 4.74 Å². The summed E-state index contributed by atoms with van der Waals surface area (Å²) in [5.41, 5.74) is 0.671. The van der Waals surface area contributed by atoms with Crippen molar-refractivity contribution >= 4 is 11.7 Å². The summed E-state index contributed by atoms with van der Waals surface area (Å²) in [5, 5.41) is 13.8. The number of amides is 2. The Morgan fingerprint density at radius 1 is 1.40 bits per heavy atom. The molecule has 0 saturated carbocycles. The van der Waals surface area contributed by atoms with Crippen molar-refractivity contribution in [2.75, 3.05) is 31.7 Å². The van der Waals surface area contributed by atoms with E-state index in [1.165, 1.54) is 0 Å². The van der Waals surface area contributed by atoms with Crippen molar-refractivity contribution in [2.45, 2.75) is 18.9 Å². The third kappa shape index (κ3) is 4.71. The van der Waals surface area contributed by atoms with Crippen molar-refractivity contribution in [3.05, 3.63) is 24.3 Å². The molecule has 6 heteroatoms. The lowest BCUT2D eigenvalue weighted by molar-refractivity contribution is 0.0679. The van der Waals surface area contributed by atoms with E-state index >= 15 is 0 Å². The Balaban J connectivity index is 1.75. The Morgan fingerprint density at radius 3 is 2.85 bits per heavy atom. The summed E-state index contributed by atoms with van der Waals surface area (Å²) in [5.74, 6) is 0.752. The number of aliphatic hydroxyl groups is 1. The predicted octanol–water partition coefficient (Wildman–Crippen LogP) is 1.36. The Morgan fingerprint density at radius 2 is 2.20 bits per heavy atom. The number of carbonyl (C=O) groups excluding carboxylic acids is 1. The van der Waals surface area contributed by atoms with Crippen molar-refractivity contribution < 1.29 is 19.4 Å². The van der Waals surface area contributed by atoms with E-state index in [1.807, 2.05) is 0 Å². The third-order valence-electron chi connectivity index (χ3n) is 2.97. The van der Waals surface area contributed by atoms with Crippen LogP contribution in [0.5, 0.6) is 5.75 Å². The largest absolute Gasteiger partial charge is 0.491 e. The molecule has 0 aromatic heterocycles. The summed E-state index contributed by atoms with van der Waals surface area (Å²) in [6.45, 7) is 1.53. The van der Waals surface area contributed by atoms with E-state index in [2.05, 4.69) is 10.6 Å². The predicted molar refractivity (Wildman–Crippen MR) is 75.0 cm³/mol. The van der Waals surface area contributed by atoms with Gasteiger partial charge in [-0.25, -0.2) is 4.79 Å². The summed E-state index contributed by atoms with van der Waals surface area (Å²) in [6, 6.07) is 6.80. The molecule has 1 unspecified atom stereocenters. The van der Waals surface area contributed by atoms with E-state index in [0.29, 0.717) is 12.3 Å². The molecule has 2 rings (SSSR count). The van der Waals surface area contributed by atoms with Crippen LogP contribution >= 0.6 is 0 Å². The van der Waals surface area contributed by atoms with Gasteiger partial charge in [0.05, 0.1) is 12.7 Å². The van der Waals surface area contributed by atoms with Crippen molar-refractivity contribution in [3.63, 3.8) is 0 Å². The van der Waals surface area contributed by atoms with E-state index in [-0.39, 0.29) is 25.3 Å². The molecular weight excluding hydrogens is 260 g/mol. The highest BCUT2D eigenvalue weighted by Gasteiger charge is 2.15. The van der Waals surface area contributed by atoms with E-state index in [9.17, 15) is 4.79 Å². The highest BCUT2D eigenvalue weighted by Crippen LogP contribution is 2.18. The van der Waals surface area contributed by atoms with Crippen LogP contribution in [0, 0.1) is 0 Å². The Labute approximate surface area is 118 Å². The topological polar surface area (TPSA) is 79.8 Å². The van der Waals surface area contributed by atoms with Gasteiger partial charge in [0.25, 0.3) is 0 Å². The van der Waals surface area contributed by atoms with Crippen LogP contribution < -0.4 is 15.4 Å². The number of hydrogen-bond acceptors (Lipinski definition) is 4. The van der Waals surface area contributed by atoms with Gasteiger partial charge in [-0.3, -0.25) is 0 Å². The van der Waals surface area contributed by atoms with Gasteiger partial charge >= 0.3 is 6.03 Å².